The van der Waals surface area contributed by atoms with Crippen LogP contribution in [0.3, 0.4) is 0 Å². The van der Waals surface area contributed by atoms with Crippen LogP contribution in [0, 0.1) is 0 Å². The van der Waals surface area contributed by atoms with Crippen molar-refractivity contribution in [3.05, 3.63) is 16.1 Å². The molecule has 1 saturated heterocycles. The molecule has 1 unspecified atom stereocenters. The van der Waals surface area contributed by atoms with E-state index in [0.717, 1.165) is 12.8 Å². The number of ether oxygens (including phenoxy) is 1. The molecule has 1 fully saturated rings. The predicted octanol–water partition coefficient (Wildman–Crippen LogP) is 1.41. The Morgan fingerprint density at radius 3 is 3.05 bits per heavy atom. The van der Waals surface area contributed by atoms with Crippen LogP contribution in [0.2, 0.25) is 0 Å². The van der Waals surface area contributed by atoms with Crippen LogP contribution < -0.4 is 4.72 Å². The maximum atomic E-state index is 12.0. The van der Waals surface area contributed by atoms with Crippen molar-refractivity contribution in [3.8, 4) is 0 Å². The number of thiazole rings is 1. The van der Waals surface area contributed by atoms with Crippen LogP contribution >= 0.6 is 11.3 Å². The summed E-state index contributed by atoms with van der Waals surface area (Å²) in [5.41, 5.74) is 0.0457. The van der Waals surface area contributed by atoms with Crippen LogP contribution in [0.25, 0.3) is 0 Å². The second kappa shape index (κ2) is 6.59. The van der Waals surface area contributed by atoms with Gasteiger partial charge < -0.3 is 4.74 Å². The van der Waals surface area contributed by atoms with E-state index in [1.54, 1.807) is 0 Å². The summed E-state index contributed by atoms with van der Waals surface area (Å²) in [6, 6.07) is 0. The van der Waals surface area contributed by atoms with Gasteiger partial charge in [-0.25, -0.2) is 18.1 Å². The number of sulfonamides is 1. The van der Waals surface area contributed by atoms with Crippen molar-refractivity contribution in [2.45, 2.75) is 25.4 Å². The fourth-order valence-electron chi connectivity index (χ4n) is 1.80. The van der Waals surface area contributed by atoms with Crippen LogP contribution in [0.4, 0.5) is 4.39 Å². The zero-order valence-electron chi connectivity index (χ0n) is 10.7. The molecule has 2 rings (SSSR count). The van der Waals surface area contributed by atoms with Gasteiger partial charge in [0.25, 0.3) is 5.91 Å². The third-order valence-corrected chi connectivity index (χ3v) is 5.01. The van der Waals surface area contributed by atoms with E-state index in [9.17, 15) is 17.6 Å². The molecule has 0 bridgehead atoms. The quantitative estimate of drug-likeness (QED) is 0.856. The number of halogens is 1. The van der Waals surface area contributed by atoms with Gasteiger partial charge in [-0.05, 0) is 19.3 Å². The second-order valence-corrected chi connectivity index (χ2v) is 7.10. The first-order chi connectivity index (χ1) is 9.52. The van der Waals surface area contributed by atoms with Crippen LogP contribution in [-0.2, 0) is 14.8 Å². The van der Waals surface area contributed by atoms with Gasteiger partial charge in [-0.15, -0.1) is 11.3 Å². The highest BCUT2D eigenvalue weighted by atomic mass is 32.2. The molecule has 1 N–H and O–H groups in total. The molecule has 1 aliphatic rings. The molecular weight excluding hydrogens is 307 g/mol. The van der Waals surface area contributed by atoms with E-state index < -0.39 is 28.4 Å². The van der Waals surface area contributed by atoms with Crippen molar-refractivity contribution < 1.29 is 22.3 Å². The van der Waals surface area contributed by atoms with E-state index in [0.29, 0.717) is 11.6 Å². The van der Waals surface area contributed by atoms with Gasteiger partial charge in [0.2, 0.25) is 10.0 Å². The lowest BCUT2D eigenvalue weighted by Gasteiger charge is -2.05. The summed E-state index contributed by atoms with van der Waals surface area (Å²) in [4.78, 5) is 15.9. The van der Waals surface area contributed by atoms with Crippen molar-refractivity contribution >= 4 is 27.3 Å². The molecule has 0 aliphatic carbocycles. The van der Waals surface area contributed by atoms with E-state index in [4.69, 9.17) is 4.74 Å². The van der Waals surface area contributed by atoms with E-state index in [1.165, 1.54) is 16.7 Å². The molecule has 1 amide bonds. The molecule has 1 atom stereocenters. The molecule has 0 spiro atoms. The Bertz CT molecular complexity index is 567. The molecule has 6 nitrogen and oxygen atoms in total. The third-order valence-electron chi connectivity index (χ3n) is 2.75. The molecule has 20 heavy (non-hydrogen) atoms. The number of carbonyl (C=O) groups excluding carboxylic acids is 1. The Balaban J connectivity index is 1.99. The Morgan fingerprint density at radius 1 is 1.60 bits per heavy atom. The topological polar surface area (TPSA) is 85.4 Å². The normalized spacial score (nSPS) is 19.1. The summed E-state index contributed by atoms with van der Waals surface area (Å²) in [6.45, 7) is -0.0711. The molecule has 1 aromatic rings. The summed E-state index contributed by atoms with van der Waals surface area (Å²) in [5.74, 6) is -1.21. The number of rotatable bonds is 6. The van der Waals surface area contributed by atoms with Gasteiger partial charge in [-0.1, -0.05) is 0 Å². The number of hydrogen-bond donors (Lipinski definition) is 1. The average Bonchev–Trinajstić information content (AvgIpc) is 3.05. The van der Waals surface area contributed by atoms with Gasteiger partial charge in [-0.2, -0.15) is 0 Å². The van der Waals surface area contributed by atoms with Gasteiger partial charge in [0.05, 0.1) is 12.4 Å². The first kappa shape index (κ1) is 15.3. The highest BCUT2D eigenvalue weighted by Gasteiger charge is 2.23. The highest BCUT2D eigenvalue weighted by Crippen LogP contribution is 2.30. The van der Waals surface area contributed by atoms with E-state index >= 15 is 0 Å². The number of nitrogens with one attached hydrogen (secondary N) is 1. The maximum Gasteiger partial charge on any atom is 0.284 e. The van der Waals surface area contributed by atoms with Gasteiger partial charge in [0.1, 0.15) is 16.8 Å². The Hall–Kier alpha value is -1.06. The Kier molecular flexibility index (Phi) is 5.06. The number of alkyl halides is 1. The smallest absolute Gasteiger partial charge is 0.284 e. The minimum atomic E-state index is -3.81. The molecule has 2 heterocycles. The zero-order valence-corrected chi connectivity index (χ0v) is 12.3. The average molecular weight is 322 g/mol. The number of amides is 1. The molecular formula is C11H15FN2O4S2. The standard InChI is InChI=1S/C11H15FN2O4S2/c12-4-2-6-20(16,17)14-10(15)8-7-19-11(13-8)9-3-1-5-18-9/h7,9H,1-6H2,(H,14,15). The lowest BCUT2D eigenvalue weighted by molar-refractivity contribution is 0.0973. The minimum absolute atomic E-state index is 0.0457. The number of hydrogen-bond acceptors (Lipinski definition) is 6. The van der Waals surface area contributed by atoms with Crippen molar-refractivity contribution in [1.29, 1.82) is 0 Å². The summed E-state index contributed by atoms with van der Waals surface area (Å²) < 4.78 is 42.3. The maximum absolute atomic E-state index is 12.0. The Morgan fingerprint density at radius 2 is 2.40 bits per heavy atom. The van der Waals surface area contributed by atoms with Crippen LogP contribution in [0.1, 0.15) is 40.9 Å². The molecule has 9 heteroatoms. The third kappa shape index (κ3) is 3.97. The van der Waals surface area contributed by atoms with Crippen LogP contribution in [0.5, 0.6) is 0 Å². The lowest BCUT2D eigenvalue weighted by Crippen LogP contribution is -2.32. The molecule has 0 saturated carbocycles. The first-order valence-electron chi connectivity index (χ1n) is 6.19. The minimum Gasteiger partial charge on any atom is -0.371 e. The van der Waals surface area contributed by atoms with Gasteiger partial charge in [0, 0.05) is 12.0 Å². The predicted molar refractivity (Wildman–Crippen MR) is 71.9 cm³/mol. The second-order valence-electron chi connectivity index (χ2n) is 4.37. The van der Waals surface area contributed by atoms with Gasteiger partial charge >= 0.3 is 0 Å². The van der Waals surface area contributed by atoms with E-state index in [2.05, 4.69) is 4.98 Å². The van der Waals surface area contributed by atoms with E-state index in [-0.39, 0.29) is 18.2 Å². The van der Waals surface area contributed by atoms with Crippen molar-refractivity contribution in [1.82, 2.24) is 9.71 Å². The first-order valence-corrected chi connectivity index (χ1v) is 8.73. The van der Waals surface area contributed by atoms with Crippen LogP contribution in [0.15, 0.2) is 5.38 Å². The summed E-state index contributed by atoms with van der Waals surface area (Å²) in [6.07, 6.45) is 1.55. The van der Waals surface area contributed by atoms with Crippen molar-refractivity contribution in [3.63, 3.8) is 0 Å². The van der Waals surface area contributed by atoms with Crippen LogP contribution in [-0.4, -0.2) is 38.3 Å². The summed E-state index contributed by atoms with van der Waals surface area (Å²) >= 11 is 1.27. The summed E-state index contributed by atoms with van der Waals surface area (Å²) in [5, 5.41) is 2.17. The molecule has 1 aliphatic heterocycles. The zero-order chi connectivity index (χ0) is 14.6. The molecule has 1 aromatic heterocycles. The fourth-order valence-corrected chi connectivity index (χ4v) is 3.66. The lowest BCUT2D eigenvalue weighted by atomic mass is 10.2. The number of carbonyl (C=O) groups is 1. The largest absolute Gasteiger partial charge is 0.371 e. The molecule has 112 valence electrons. The molecule has 0 aromatic carbocycles. The highest BCUT2D eigenvalue weighted by molar-refractivity contribution is 7.90. The summed E-state index contributed by atoms with van der Waals surface area (Å²) in [7, 11) is -3.81. The van der Waals surface area contributed by atoms with Gasteiger partial charge in [0.15, 0.2) is 0 Å². The monoisotopic (exact) mass is 322 g/mol. The van der Waals surface area contributed by atoms with Crippen molar-refractivity contribution in [2.75, 3.05) is 19.0 Å². The number of nitrogens with zero attached hydrogens (tertiary/aromatic N) is 1. The number of aromatic nitrogens is 1. The molecule has 0 radical (unpaired) electrons. The van der Waals surface area contributed by atoms with Crippen molar-refractivity contribution in [2.24, 2.45) is 0 Å². The van der Waals surface area contributed by atoms with E-state index in [1.807, 2.05) is 4.72 Å². The van der Waals surface area contributed by atoms with Gasteiger partial charge in [-0.3, -0.25) is 9.18 Å². The fraction of sp³-hybridized carbons (Fsp3) is 0.636. The SMILES string of the molecule is O=C(NS(=O)(=O)CCCF)c1csc(C2CCCO2)n1. The Labute approximate surface area is 120 Å².